The maximum absolute atomic E-state index is 11.9. The van der Waals surface area contributed by atoms with Gasteiger partial charge in [-0.2, -0.15) is 0 Å². The number of nitrogens with zero attached hydrogens (tertiary/aromatic N) is 1. The second-order valence-corrected chi connectivity index (χ2v) is 10.1. The number of halogens is 2. The van der Waals surface area contributed by atoms with E-state index in [1.54, 1.807) is 0 Å². The van der Waals surface area contributed by atoms with Gasteiger partial charge in [0.1, 0.15) is 6.29 Å². The van der Waals surface area contributed by atoms with Crippen LogP contribution >= 0.6 is 27.5 Å². The van der Waals surface area contributed by atoms with E-state index in [2.05, 4.69) is 48.8 Å². The number of carbonyl (C=O) groups is 1. The minimum atomic E-state index is 0.0669. The van der Waals surface area contributed by atoms with Gasteiger partial charge in [0.15, 0.2) is 0 Å². The maximum atomic E-state index is 11.9. The largest absolute Gasteiger partial charge is 0.309 e. The van der Waals surface area contributed by atoms with Crippen molar-refractivity contribution >= 4 is 33.8 Å². The van der Waals surface area contributed by atoms with Crippen molar-refractivity contribution in [1.29, 1.82) is 0 Å². The van der Waals surface area contributed by atoms with Gasteiger partial charge in [0.05, 0.1) is 0 Å². The van der Waals surface area contributed by atoms with E-state index in [-0.39, 0.29) is 5.92 Å². The van der Waals surface area contributed by atoms with Crippen LogP contribution in [-0.4, -0.2) is 31.8 Å². The molecule has 2 atom stereocenters. The van der Waals surface area contributed by atoms with Gasteiger partial charge in [-0.1, -0.05) is 73.5 Å². The molecule has 160 valence electrons. The summed E-state index contributed by atoms with van der Waals surface area (Å²) in [5.41, 5.74) is 1.14. The number of hydrogen-bond donors (Lipinski definition) is 0. The van der Waals surface area contributed by atoms with E-state index < -0.39 is 0 Å². The van der Waals surface area contributed by atoms with Crippen LogP contribution in [0.1, 0.15) is 70.8 Å². The van der Waals surface area contributed by atoms with Crippen molar-refractivity contribution in [3.8, 4) is 0 Å². The van der Waals surface area contributed by atoms with Crippen molar-refractivity contribution in [2.24, 2.45) is 17.8 Å². The summed E-state index contributed by atoms with van der Waals surface area (Å²) in [5, 5.41) is 0.734. The Balaban J connectivity index is 2.50. The zero-order valence-electron chi connectivity index (χ0n) is 18.2. The van der Waals surface area contributed by atoms with E-state index in [0.717, 1.165) is 34.3 Å². The first-order valence-corrected chi connectivity index (χ1v) is 12.0. The van der Waals surface area contributed by atoms with Crippen LogP contribution in [-0.2, 0) is 11.2 Å². The molecule has 1 aromatic rings. The highest BCUT2D eigenvalue weighted by Crippen LogP contribution is 2.31. The molecule has 0 saturated carbocycles. The van der Waals surface area contributed by atoms with Gasteiger partial charge in [-0.25, -0.2) is 0 Å². The fourth-order valence-electron chi connectivity index (χ4n) is 3.93. The van der Waals surface area contributed by atoms with Gasteiger partial charge in [-0.3, -0.25) is 0 Å². The molecule has 0 heterocycles. The molecule has 0 spiro atoms. The van der Waals surface area contributed by atoms with Gasteiger partial charge < -0.3 is 9.69 Å². The van der Waals surface area contributed by atoms with Crippen LogP contribution in [0.15, 0.2) is 22.7 Å². The summed E-state index contributed by atoms with van der Waals surface area (Å²) in [6, 6.07) is 5.85. The Labute approximate surface area is 186 Å². The third-order valence-electron chi connectivity index (χ3n) is 5.45. The van der Waals surface area contributed by atoms with Gasteiger partial charge >= 0.3 is 0 Å². The average molecular weight is 473 g/mol. The van der Waals surface area contributed by atoms with Crippen molar-refractivity contribution in [2.45, 2.75) is 71.6 Å². The zero-order valence-corrected chi connectivity index (χ0v) is 20.6. The molecule has 0 unspecified atom stereocenters. The fraction of sp³-hybridized carbons (Fsp3) is 0.708. The minimum Gasteiger partial charge on any atom is -0.309 e. The molecule has 0 saturated heterocycles. The number of carbonyl (C=O) groups excluding carboxylic acids is 1. The average Bonchev–Trinajstić information content (AvgIpc) is 2.63. The summed E-state index contributed by atoms with van der Waals surface area (Å²) >= 11 is 9.78. The molecular weight excluding hydrogens is 434 g/mol. The summed E-state index contributed by atoms with van der Waals surface area (Å²) in [6.07, 6.45) is 12.0. The molecule has 0 amide bonds. The Morgan fingerprint density at radius 1 is 1.07 bits per heavy atom. The first-order valence-electron chi connectivity index (χ1n) is 10.9. The number of unbranched alkanes of at least 4 members (excludes halogenated alkanes) is 5. The Kier molecular flexibility index (Phi) is 13.4. The molecule has 28 heavy (non-hydrogen) atoms. The van der Waals surface area contributed by atoms with E-state index in [1.165, 1.54) is 51.4 Å². The van der Waals surface area contributed by atoms with Crippen LogP contribution in [0, 0.1) is 17.8 Å². The molecule has 0 radical (unpaired) electrons. The predicted molar refractivity (Wildman–Crippen MR) is 126 cm³/mol. The van der Waals surface area contributed by atoms with E-state index in [0.29, 0.717) is 11.8 Å². The van der Waals surface area contributed by atoms with Crippen molar-refractivity contribution < 1.29 is 4.79 Å². The number of hydrogen-bond acceptors (Lipinski definition) is 2. The Hall–Kier alpha value is -0.380. The SMILES string of the molecule is CC(C)C[C@H](CCCCCCCCN(C)C)[C@H](C=O)Cc1cc(Cl)ccc1Br. The van der Waals surface area contributed by atoms with E-state index in [4.69, 9.17) is 11.6 Å². The zero-order chi connectivity index (χ0) is 20.9. The highest BCUT2D eigenvalue weighted by atomic mass is 79.9. The summed E-state index contributed by atoms with van der Waals surface area (Å²) in [6.45, 7) is 5.71. The molecule has 1 aromatic carbocycles. The highest BCUT2D eigenvalue weighted by molar-refractivity contribution is 9.10. The molecule has 0 aliphatic carbocycles. The van der Waals surface area contributed by atoms with Crippen molar-refractivity contribution in [3.63, 3.8) is 0 Å². The molecule has 0 aliphatic rings. The van der Waals surface area contributed by atoms with Gasteiger partial charge in [-0.15, -0.1) is 0 Å². The summed E-state index contributed by atoms with van der Waals surface area (Å²) in [7, 11) is 4.28. The predicted octanol–water partition coefficient (Wildman–Crippen LogP) is 7.41. The first kappa shape index (κ1) is 25.7. The maximum Gasteiger partial charge on any atom is 0.123 e. The molecule has 0 bridgehead atoms. The Bertz CT molecular complexity index is 562. The van der Waals surface area contributed by atoms with Crippen molar-refractivity contribution in [1.82, 2.24) is 4.90 Å². The lowest BCUT2D eigenvalue weighted by atomic mass is 9.79. The second kappa shape index (κ2) is 14.6. The van der Waals surface area contributed by atoms with Crippen LogP contribution in [0.5, 0.6) is 0 Å². The number of rotatable bonds is 15. The summed E-state index contributed by atoms with van der Waals surface area (Å²) in [5.74, 6) is 1.13. The van der Waals surface area contributed by atoms with E-state index >= 15 is 0 Å². The molecule has 0 aromatic heterocycles. The third kappa shape index (κ3) is 11.0. The Morgan fingerprint density at radius 2 is 1.71 bits per heavy atom. The lowest BCUT2D eigenvalue weighted by Gasteiger charge is -2.25. The van der Waals surface area contributed by atoms with E-state index in [1.807, 2.05) is 18.2 Å². The fourth-order valence-corrected chi connectivity index (χ4v) is 4.54. The number of benzene rings is 1. The van der Waals surface area contributed by atoms with Gasteiger partial charge in [0.25, 0.3) is 0 Å². The normalized spacial score (nSPS) is 13.9. The molecule has 1 rings (SSSR count). The number of aldehydes is 1. The van der Waals surface area contributed by atoms with Crippen molar-refractivity contribution in [3.05, 3.63) is 33.3 Å². The summed E-state index contributed by atoms with van der Waals surface area (Å²) in [4.78, 5) is 14.2. The van der Waals surface area contributed by atoms with Crippen LogP contribution in [0.25, 0.3) is 0 Å². The molecule has 0 N–H and O–H groups in total. The monoisotopic (exact) mass is 471 g/mol. The lowest BCUT2D eigenvalue weighted by molar-refractivity contribution is -0.112. The second-order valence-electron chi connectivity index (χ2n) is 8.84. The minimum absolute atomic E-state index is 0.0669. The molecular formula is C24H39BrClNO. The highest BCUT2D eigenvalue weighted by Gasteiger charge is 2.23. The standard InChI is InChI=1S/C24H39BrClNO/c1-19(2)15-20(11-9-7-5-6-8-10-14-27(3)4)22(18-28)16-21-17-23(26)12-13-24(21)25/h12-13,17-20,22H,5-11,14-16H2,1-4H3/t20-,22-/m0/s1. The van der Waals surface area contributed by atoms with Crippen LogP contribution in [0.3, 0.4) is 0 Å². The summed E-state index contributed by atoms with van der Waals surface area (Å²) < 4.78 is 1.05. The molecule has 0 aliphatic heterocycles. The van der Waals surface area contributed by atoms with Crippen LogP contribution in [0.4, 0.5) is 0 Å². The first-order chi connectivity index (χ1) is 13.3. The van der Waals surface area contributed by atoms with Gasteiger partial charge in [0, 0.05) is 15.4 Å². The lowest BCUT2D eigenvalue weighted by Crippen LogP contribution is -2.21. The third-order valence-corrected chi connectivity index (χ3v) is 6.46. The van der Waals surface area contributed by atoms with Crippen molar-refractivity contribution in [2.75, 3.05) is 20.6 Å². The van der Waals surface area contributed by atoms with E-state index in [9.17, 15) is 4.79 Å². The molecule has 4 heteroatoms. The quantitative estimate of drug-likeness (QED) is 0.195. The topological polar surface area (TPSA) is 20.3 Å². The van der Waals surface area contributed by atoms with Gasteiger partial charge in [-0.05, 0) is 81.9 Å². The van der Waals surface area contributed by atoms with Crippen LogP contribution in [0.2, 0.25) is 5.02 Å². The molecule has 2 nitrogen and oxygen atoms in total. The Morgan fingerprint density at radius 3 is 2.32 bits per heavy atom. The van der Waals surface area contributed by atoms with Crippen LogP contribution < -0.4 is 0 Å². The molecule has 0 fully saturated rings. The smallest absolute Gasteiger partial charge is 0.123 e. The van der Waals surface area contributed by atoms with Gasteiger partial charge in [0.2, 0.25) is 0 Å².